The van der Waals surface area contributed by atoms with E-state index in [0.29, 0.717) is 37.2 Å². The molecular weight excluding hydrogens is 447 g/mol. The maximum Gasteiger partial charge on any atom is 0.278 e. The second-order valence-corrected chi connectivity index (χ2v) is 8.27. The lowest BCUT2D eigenvalue weighted by atomic mass is 10.1. The van der Waals surface area contributed by atoms with Crippen LogP contribution < -0.4 is 4.74 Å². The third-order valence-electron chi connectivity index (χ3n) is 5.94. The van der Waals surface area contributed by atoms with Crippen LogP contribution in [0.1, 0.15) is 22.9 Å². The quantitative estimate of drug-likeness (QED) is 0.323. The fourth-order valence-electron chi connectivity index (χ4n) is 4.09. The minimum Gasteiger partial charge on any atom is -0.489 e. The Kier molecular flexibility index (Phi) is 5.56. The van der Waals surface area contributed by atoms with Gasteiger partial charge in [-0.1, -0.05) is 47.6 Å². The summed E-state index contributed by atoms with van der Waals surface area (Å²) in [4.78, 5) is 9.02. The van der Waals surface area contributed by atoms with E-state index < -0.39 is 0 Å². The molecule has 1 atom stereocenters. The zero-order valence-corrected chi connectivity index (χ0v) is 18.7. The molecule has 5 aromatic rings. The van der Waals surface area contributed by atoms with Crippen molar-refractivity contribution in [3.05, 3.63) is 108 Å². The summed E-state index contributed by atoms with van der Waals surface area (Å²) in [7, 11) is 0. The van der Waals surface area contributed by atoms with Crippen molar-refractivity contribution in [2.45, 2.75) is 25.9 Å². The lowest BCUT2D eigenvalue weighted by Gasteiger charge is -2.25. The van der Waals surface area contributed by atoms with Gasteiger partial charge >= 0.3 is 0 Å². The van der Waals surface area contributed by atoms with Gasteiger partial charge in [-0.05, 0) is 47.5 Å². The number of benzene rings is 3. The van der Waals surface area contributed by atoms with Gasteiger partial charge in [-0.15, -0.1) is 0 Å². The number of hydrogen-bond acceptors (Lipinski definition) is 6. The van der Waals surface area contributed by atoms with Gasteiger partial charge in [0.15, 0.2) is 5.69 Å². The highest BCUT2D eigenvalue weighted by Gasteiger charge is 2.26. The summed E-state index contributed by atoms with van der Waals surface area (Å²) in [5.41, 5.74) is 4.14. The van der Waals surface area contributed by atoms with Crippen molar-refractivity contribution in [2.75, 3.05) is 0 Å². The maximum absolute atomic E-state index is 13.6. The highest BCUT2D eigenvalue weighted by atomic mass is 19.1. The number of rotatable bonds is 6. The lowest BCUT2D eigenvalue weighted by molar-refractivity contribution is 0.00314. The second-order valence-electron chi connectivity index (χ2n) is 8.27. The van der Waals surface area contributed by atoms with Gasteiger partial charge in [0.1, 0.15) is 24.3 Å². The van der Waals surface area contributed by atoms with E-state index in [2.05, 4.69) is 15.1 Å². The SMILES string of the molecule is Fc1cccc([C@H]2Cn3cnc(-c4nc(-c5ccc(OCc6ccccc6)cc5)no4)c3CO2)c1. The van der Waals surface area contributed by atoms with Gasteiger partial charge in [0, 0.05) is 5.56 Å². The van der Waals surface area contributed by atoms with Crippen molar-refractivity contribution in [3.8, 4) is 28.7 Å². The molecule has 8 heteroatoms. The minimum absolute atomic E-state index is 0.249. The Morgan fingerprint density at radius 1 is 1.00 bits per heavy atom. The molecule has 3 aromatic carbocycles. The Labute approximate surface area is 200 Å². The van der Waals surface area contributed by atoms with Gasteiger partial charge in [-0.2, -0.15) is 4.98 Å². The first-order valence-corrected chi connectivity index (χ1v) is 11.3. The molecule has 0 fully saturated rings. The first kappa shape index (κ1) is 21.2. The zero-order chi connectivity index (χ0) is 23.6. The second kappa shape index (κ2) is 9.15. The van der Waals surface area contributed by atoms with Crippen LogP contribution in [0.5, 0.6) is 5.75 Å². The highest BCUT2D eigenvalue weighted by Crippen LogP contribution is 2.32. The van der Waals surface area contributed by atoms with Crippen LogP contribution in [0.4, 0.5) is 4.39 Å². The summed E-state index contributed by atoms with van der Waals surface area (Å²) in [6.45, 7) is 1.33. The minimum atomic E-state index is -0.280. The van der Waals surface area contributed by atoms with Crippen molar-refractivity contribution in [3.63, 3.8) is 0 Å². The van der Waals surface area contributed by atoms with Gasteiger partial charge in [0.25, 0.3) is 5.89 Å². The molecule has 1 aliphatic rings. The van der Waals surface area contributed by atoms with E-state index in [9.17, 15) is 4.39 Å². The Morgan fingerprint density at radius 2 is 1.86 bits per heavy atom. The van der Waals surface area contributed by atoms with E-state index in [1.807, 2.05) is 65.2 Å². The Morgan fingerprint density at radius 3 is 2.69 bits per heavy atom. The van der Waals surface area contributed by atoms with Crippen LogP contribution in [0.25, 0.3) is 23.0 Å². The summed E-state index contributed by atoms with van der Waals surface area (Å²) in [6, 6.07) is 24.0. The lowest BCUT2D eigenvalue weighted by Crippen LogP contribution is -2.20. The molecule has 0 unspecified atom stereocenters. The molecular formula is C27H21FN4O3. The van der Waals surface area contributed by atoms with Crippen LogP contribution in [-0.2, 0) is 24.5 Å². The normalized spacial score (nSPS) is 15.1. The molecule has 0 saturated carbocycles. The third-order valence-corrected chi connectivity index (χ3v) is 5.94. The van der Waals surface area contributed by atoms with Gasteiger partial charge in [-0.25, -0.2) is 9.37 Å². The topological polar surface area (TPSA) is 75.2 Å². The van der Waals surface area contributed by atoms with Crippen LogP contribution in [-0.4, -0.2) is 19.7 Å². The molecule has 35 heavy (non-hydrogen) atoms. The number of nitrogens with zero attached hydrogens (tertiary/aromatic N) is 4. The van der Waals surface area contributed by atoms with Crippen LogP contribution in [0, 0.1) is 5.82 Å². The van der Waals surface area contributed by atoms with Crippen LogP contribution >= 0.6 is 0 Å². The number of hydrogen-bond donors (Lipinski definition) is 0. The van der Waals surface area contributed by atoms with Crippen molar-refractivity contribution >= 4 is 0 Å². The Bertz CT molecular complexity index is 1450. The molecule has 1 aliphatic heterocycles. The fourth-order valence-corrected chi connectivity index (χ4v) is 4.09. The zero-order valence-electron chi connectivity index (χ0n) is 18.7. The molecule has 0 amide bonds. The van der Waals surface area contributed by atoms with E-state index in [4.69, 9.17) is 14.0 Å². The standard InChI is InChI=1S/C27H21FN4O3/c28-21-8-4-7-20(13-21)24-14-32-17-29-25(23(32)16-34-24)27-30-26(31-35-27)19-9-11-22(12-10-19)33-15-18-5-2-1-3-6-18/h1-13,17,24H,14-16H2/t24-/m1/s1. The van der Waals surface area contributed by atoms with Crippen LogP contribution in [0.15, 0.2) is 89.7 Å². The smallest absolute Gasteiger partial charge is 0.278 e. The number of halogens is 1. The summed E-state index contributed by atoms with van der Waals surface area (Å²) in [6.07, 6.45) is 1.48. The number of aromatic nitrogens is 4. The largest absolute Gasteiger partial charge is 0.489 e. The van der Waals surface area contributed by atoms with E-state index in [1.54, 1.807) is 12.4 Å². The van der Waals surface area contributed by atoms with E-state index >= 15 is 0 Å². The van der Waals surface area contributed by atoms with Crippen LogP contribution in [0.3, 0.4) is 0 Å². The van der Waals surface area contributed by atoms with Gasteiger partial charge in [-0.3, -0.25) is 0 Å². The van der Waals surface area contributed by atoms with E-state index in [1.165, 1.54) is 12.1 Å². The molecule has 0 spiro atoms. The molecule has 6 rings (SSSR count). The molecule has 3 heterocycles. The molecule has 0 N–H and O–H groups in total. The van der Waals surface area contributed by atoms with Gasteiger partial charge < -0.3 is 18.6 Å². The van der Waals surface area contributed by atoms with Gasteiger partial charge in [0.2, 0.25) is 5.82 Å². The average molecular weight is 468 g/mol. The molecule has 174 valence electrons. The fraction of sp³-hybridized carbons (Fsp3) is 0.148. The van der Waals surface area contributed by atoms with Crippen LogP contribution in [0.2, 0.25) is 0 Å². The van der Waals surface area contributed by atoms with E-state index in [-0.39, 0.29) is 11.9 Å². The first-order chi connectivity index (χ1) is 17.2. The van der Waals surface area contributed by atoms with E-state index in [0.717, 1.165) is 28.1 Å². The maximum atomic E-state index is 13.6. The number of fused-ring (bicyclic) bond motifs is 1. The summed E-state index contributed by atoms with van der Waals surface area (Å²) >= 11 is 0. The molecule has 2 aromatic heterocycles. The van der Waals surface area contributed by atoms with Crippen molar-refractivity contribution in [1.29, 1.82) is 0 Å². The Balaban J connectivity index is 1.16. The summed E-state index contributed by atoms with van der Waals surface area (Å²) in [5, 5.41) is 4.13. The predicted octanol–water partition coefficient (Wildman–Crippen LogP) is 5.59. The third kappa shape index (κ3) is 4.43. The number of imidazole rings is 1. The molecule has 0 radical (unpaired) electrons. The van der Waals surface area contributed by atoms with Crippen molar-refractivity contribution in [2.24, 2.45) is 0 Å². The van der Waals surface area contributed by atoms with Crippen molar-refractivity contribution in [1.82, 2.24) is 19.7 Å². The highest BCUT2D eigenvalue weighted by molar-refractivity contribution is 5.60. The monoisotopic (exact) mass is 468 g/mol. The predicted molar refractivity (Wildman–Crippen MR) is 126 cm³/mol. The molecule has 0 saturated heterocycles. The Hall–Kier alpha value is -4.30. The molecule has 7 nitrogen and oxygen atoms in total. The van der Waals surface area contributed by atoms with Crippen molar-refractivity contribution < 1.29 is 18.4 Å². The average Bonchev–Trinajstić information content (AvgIpc) is 3.55. The molecule has 0 aliphatic carbocycles. The number of ether oxygens (including phenoxy) is 2. The van der Waals surface area contributed by atoms with Gasteiger partial charge in [0.05, 0.1) is 25.2 Å². The molecule has 0 bridgehead atoms. The summed E-state index contributed by atoms with van der Waals surface area (Å²) < 4.78 is 32.9. The first-order valence-electron chi connectivity index (χ1n) is 11.3. The summed E-state index contributed by atoms with van der Waals surface area (Å²) in [5.74, 6) is 1.27.